The molecule has 0 N–H and O–H groups in total. The van der Waals surface area contributed by atoms with Gasteiger partial charge in [-0.15, -0.1) is 0 Å². The number of furan rings is 4. The lowest BCUT2D eigenvalue weighted by Gasteiger charge is -2.22. The average Bonchev–Trinajstić information content (AvgIpc) is 1.25. The summed E-state index contributed by atoms with van der Waals surface area (Å²) in [7, 11) is 7.08. The highest BCUT2D eigenvalue weighted by atomic mass is 16.3. The summed E-state index contributed by atoms with van der Waals surface area (Å²) in [6.07, 6.45) is 4.33. The van der Waals surface area contributed by atoms with E-state index in [9.17, 15) is 5.48 Å². The van der Waals surface area contributed by atoms with E-state index < -0.39 is 45.1 Å². The molecule has 12 nitrogen and oxygen atoms in total. The molecule has 20 aromatic rings. The van der Waals surface area contributed by atoms with Gasteiger partial charge in [-0.05, 0) is 152 Å². The summed E-state index contributed by atoms with van der Waals surface area (Å²) in [5.74, 6) is -4.64. The van der Waals surface area contributed by atoms with E-state index in [2.05, 4.69) is 31.5 Å². The van der Waals surface area contributed by atoms with Gasteiger partial charge in [0.05, 0.1) is 55.4 Å². The van der Waals surface area contributed by atoms with Crippen LogP contribution in [0.5, 0.6) is 0 Å². The van der Waals surface area contributed by atoms with Crippen molar-refractivity contribution in [2.45, 2.75) is 160 Å². The minimum atomic E-state index is -2.91. The first kappa shape index (κ1) is 69.3. The smallest absolute Gasteiger partial charge is 0.216 e. The predicted molar refractivity (Wildman–Crippen MR) is 559 cm³/mol. The standard InChI is InChI=1S/C33H31N2O.2C31H29N2O.C29H25N2O/c1-21-15-16-26-27-17-18-28(34-3)31(24-13-9-6-10-14-24)33(27)36-32(26)30(21)29-20-25(19-22(2)35(29)4)23-11-7-5-8-12-23;2*1-18(2)25-17-27(33(7)21(5)20(25)4)28-19(3)13-14-23-24-15-16-26(32-6)29(31(24)34-30(23)28)22-11-9-8-10-12-22;1-17-12-13-22-23-14-15-24(30-5)27(21-10-8-7-9-11-21)29(23)32-28(22)26(17)25-16-18(2)19(3)20(4)31(25)6/h6,9-10,13-20,23H,5,7-8,11-12H2,1-2,4H3;2*8-18H,1-5,7H3;7-16H,1-4,6H3/q4*+1/i19D,20D,23D;1D3,4D3,17D,18D;4D3,17D,18D;3D3,16D. The van der Waals surface area contributed by atoms with Crippen molar-refractivity contribution in [1.82, 2.24) is 0 Å². The number of aromatic nitrogens is 4. The van der Waals surface area contributed by atoms with E-state index in [1.165, 1.54) is 0 Å². The van der Waals surface area contributed by atoms with Crippen LogP contribution in [0.15, 0.2) is 266 Å². The van der Waals surface area contributed by atoms with Crippen LogP contribution in [0.3, 0.4) is 0 Å². The fourth-order valence-corrected chi connectivity index (χ4v) is 19.2. The summed E-state index contributed by atoms with van der Waals surface area (Å²) in [6.45, 7) is 41.4. The third-order valence-corrected chi connectivity index (χ3v) is 27.0. The fraction of sp³-hybridized carbons (Fsp3) is 0.226. The van der Waals surface area contributed by atoms with Crippen molar-refractivity contribution in [2.75, 3.05) is 0 Å². The summed E-state index contributed by atoms with van der Waals surface area (Å²) in [5.41, 5.74) is 23.8. The molecule has 1 aliphatic carbocycles. The number of benzene rings is 12. The third-order valence-electron chi connectivity index (χ3n) is 27.0. The summed E-state index contributed by atoms with van der Waals surface area (Å²) in [6, 6.07) is 69.7. The summed E-state index contributed by atoms with van der Waals surface area (Å²) in [5, 5.41) is 6.79. The van der Waals surface area contributed by atoms with E-state index in [1.807, 2.05) is 240 Å². The lowest BCUT2D eigenvalue weighted by molar-refractivity contribution is -0.667. The van der Waals surface area contributed by atoms with Crippen LogP contribution >= 0.6 is 0 Å². The number of fused-ring (bicyclic) bond motifs is 12. The third kappa shape index (κ3) is 15.9. The van der Waals surface area contributed by atoms with Crippen LogP contribution in [0.2, 0.25) is 0 Å². The van der Waals surface area contributed by atoms with Crippen LogP contribution in [0.1, 0.15) is 189 Å². The quantitative estimate of drug-likeness (QED) is 0.0954. The summed E-state index contributed by atoms with van der Waals surface area (Å²) < 4.78 is 204. The Labute approximate surface area is 826 Å². The van der Waals surface area contributed by atoms with E-state index in [0.29, 0.717) is 154 Å². The number of rotatable bonds is 11. The topological polar surface area (TPSA) is 85.5 Å². The SMILES string of the molecule is [2H]c1c(C([2H])(C)C([2H])([2H])[2H])c(C([2H])([2H])[2H])c(C)[n+](C)c1-c1c(C)ccc2c1oc1c(-c3ccccc3)c([N+]#[C-])ccc12.[2H]c1c(C([2H])(C)C)c(C([2H])([2H])[2H])c(C)[n+](C)c1-c1c(C)ccc2c1oc1c(-c3ccccc3)c([N+]#[C-])ccc12.[2H]c1c(C)c(C([2H])([2H])[2H])c(C)[n+](C)c1-c1c(C)ccc2c1oc1c(-c3ccccc3)c([N+]#[C-])ccc12.[2H]c1c(C2([2H])CCCCC2)c([2H])c(-c2c(C)ccc3c2oc2c(-c4ccccc4)c([N+]#[C-])ccc23)[n+](C)c1C. The molecule has 0 amide bonds. The first-order chi connectivity index (χ1) is 73.6. The molecule has 0 bridgehead atoms. The fourth-order valence-electron chi connectivity index (χ4n) is 19.2. The van der Waals surface area contributed by atoms with E-state index in [0.717, 1.165) is 136 Å². The highest BCUT2D eigenvalue weighted by Crippen LogP contribution is 2.51. The lowest BCUT2D eigenvalue weighted by Crippen LogP contribution is -2.36. The molecule has 136 heavy (non-hydrogen) atoms. The maximum atomic E-state index is 9.43. The number of hydrogen-bond donors (Lipinski definition) is 0. The molecule has 1 saturated carbocycles. The highest BCUT2D eigenvalue weighted by molar-refractivity contribution is 6.19. The van der Waals surface area contributed by atoms with Crippen molar-refractivity contribution in [1.29, 1.82) is 0 Å². The average molecular weight is 1800 g/mol. The van der Waals surface area contributed by atoms with Gasteiger partial charge in [0.15, 0.2) is 45.5 Å². The molecule has 1 unspecified atom stereocenters. The molecule has 1 aliphatic rings. The lowest BCUT2D eigenvalue weighted by atomic mass is 9.83. The Morgan fingerprint density at radius 1 is 0.316 bits per heavy atom. The zero-order valence-electron chi connectivity index (χ0n) is 99.0. The van der Waals surface area contributed by atoms with Crippen molar-refractivity contribution in [3.63, 3.8) is 0 Å². The van der Waals surface area contributed by atoms with Gasteiger partial charge in [-0.3, -0.25) is 0 Å². The van der Waals surface area contributed by atoms with Crippen LogP contribution in [0.4, 0.5) is 22.7 Å². The van der Waals surface area contributed by atoms with E-state index in [-0.39, 0.29) is 63.4 Å². The number of aryl methyl sites for hydroxylation is 4. The Morgan fingerprint density at radius 3 is 0.875 bits per heavy atom. The van der Waals surface area contributed by atoms with Crippen LogP contribution in [0, 0.1) is 109 Å². The Hall–Kier alpha value is -15.6. The highest BCUT2D eigenvalue weighted by Gasteiger charge is 2.33. The summed E-state index contributed by atoms with van der Waals surface area (Å²) in [4.78, 5) is 15.0. The van der Waals surface area contributed by atoms with Gasteiger partial charge in [0, 0.05) is 161 Å². The zero-order valence-corrected chi connectivity index (χ0v) is 79.0. The largest absolute Gasteiger partial charge is 0.456 e. The molecule has 670 valence electrons. The van der Waals surface area contributed by atoms with Gasteiger partial charge >= 0.3 is 0 Å². The Kier molecular flexibility index (Phi) is 18.9. The van der Waals surface area contributed by atoms with Gasteiger partial charge in [-0.2, -0.15) is 18.3 Å². The molecular formula is C124H114N8O4+4. The molecular weight excluding hydrogens is 1670 g/mol. The van der Waals surface area contributed by atoms with Crippen molar-refractivity contribution in [3.8, 4) is 89.5 Å². The van der Waals surface area contributed by atoms with Gasteiger partial charge in [0.1, 0.15) is 72.9 Å². The van der Waals surface area contributed by atoms with Crippen molar-refractivity contribution in [2.24, 2.45) is 28.2 Å². The minimum absolute atomic E-state index is 0.00425. The second kappa shape index (κ2) is 37.1. The monoisotopic (exact) mass is 1800 g/mol. The van der Waals surface area contributed by atoms with Gasteiger partial charge in [-0.25, -0.2) is 19.4 Å². The number of pyridine rings is 4. The maximum Gasteiger partial charge on any atom is 0.216 e. The molecule has 1 fully saturated rings. The Bertz CT molecular complexity index is 9420. The first-order valence-corrected chi connectivity index (χ1v) is 45.4. The molecule has 12 heteroatoms. The zero-order chi connectivity index (χ0) is 113. The molecule has 8 aromatic heterocycles. The molecule has 0 aliphatic heterocycles. The van der Waals surface area contributed by atoms with Crippen LogP contribution in [-0.2, 0) is 28.2 Å². The molecule has 12 aromatic carbocycles. The van der Waals surface area contributed by atoms with Gasteiger partial charge in [0.2, 0.25) is 22.8 Å². The minimum Gasteiger partial charge on any atom is -0.456 e. The van der Waals surface area contributed by atoms with Gasteiger partial charge in [0.25, 0.3) is 0 Å². The molecule has 21 rings (SSSR count). The second-order valence-corrected chi connectivity index (χ2v) is 35.5. The van der Waals surface area contributed by atoms with Crippen molar-refractivity contribution in [3.05, 3.63) is 378 Å². The van der Waals surface area contributed by atoms with Crippen LogP contribution in [0.25, 0.3) is 197 Å². The van der Waals surface area contributed by atoms with E-state index in [1.54, 1.807) is 88.5 Å². The van der Waals surface area contributed by atoms with Crippen LogP contribution in [-0.4, -0.2) is 0 Å². The van der Waals surface area contributed by atoms with Gasteiger partial charge < -0.3 is 17.7 Å². The molecule has 1 atom stereocenters. The maximum absolute atomic E-state index is 9.43. The van der Waals surface area contributed by atoms with E-state index in [4.69, 9.17) is 65.9 Å². The molecule has 0 saturated heterocycles. The normalized spacial score (nSPS) is 15.4. The van der Waals surface area contributed by atoms with Crippen molar-refractivity contribution < 1.29 is 63.4 Å². The van der Waals surface area contributed by atoms with E-state index >= 15 is 0 Å². The van der Waals surface area contributed by atoms with Crippen molar-refractivity contribution >= 4 is 111 Å². The second-order valence-electron chi connectivity index (χ2n) is 35.5. The molecule has 8 heterocycles. The number of hydrogen-bond acceptors (Lipinski definition) is 4. The predicted octanol–water partition coefficient (Wildman–Crippen LogP) is 33.2. The first-order valence-electron chi connectivity index (χ1n) is 55.4. The molecule has 0 spiro atoms. The van der Waals surface area contributed by atoms with Gasteiger partial charge in [-0.1, -0.05) is 265 Å². The van der Waals surface area contributed by atoms with Crippen LogP contribution < -0.4 is 18.3 Å². The molecule has 0 radical (unpaired) electrons. The number of nitrogens with zero attached hydrogens (tertiary/aromatic N) is 8. The Morgan fingerprint density at radius 2 is 0.588 bits per heavy atom. The summed E-state index contributed by atoms with van der Waals surface area (Å²) >= 11 is 0. The Balaban J connectivity index is 0.000000135.